The molecule has 0 atom stereocenters. The van der Waals surface area contributed by atoms with Crippen LogP contribution in [0.1, 0.15) is 0 Å². The van der Waals surface area contributed by atoms with E-state index in [1.165, 1.54) is 40.8 Å². The van der Waals surface area contributed by atoms with E-state index < -0.39 is 0 Å². The minimum atomic E-state index is 0.148. The molecule has 0 unspecified atom stereocenters. The number of benzene rings is 7. The van der Waals surface area contributed by atoms with Crippen molar-refractivity contribution < 1.29 is 4.42 Å². The Morgan fingerprint density at radius 2 is 1.13 bits per heavy atom. The predicted molar refractivity (Wildman–Crippen MR) is 190 cm³/mol. The molecule has 5 heteroatoms. The number of fused-ring (bicyclic) bond motifs is 10. The number of furan rings is 1. The molecule has 0 saturated heterocycles. The first-order chi connectivity index (χ1) is 22.8. The van der Waals surface area contributed by atoms with Crippen LogP contribution in [0, 0.1) is 0 Å². The van der Waals surface area contributed by atoms with Gasteiger partial charge in [0.15, 0.2) is 0 Å². The molecule has 0 N–H and O–H groups in total. The van der Waals surface area contributed by atoms with Crippen molar-refractivity contribution in [3.8, 4) is 34.2 Å². The Hall–Kier alpha value is -5.61. The van der Waals surface area contributed by atoms with Gasteiger partial charge in [0, 0.05) is 0 Å². The molecule has 214 valence electrons. The van der Waals surface area contributed by atoms with Gasteiger partial charge in [-0.1, -0.05) is 12.1 Å². The molecular weight excluding hydrogens is 629 g/mol. The average molecular weight is 653 g/mol. The van der Waals surface area contributed by atoms with Crippen molar-refractivity contribution in [2.24, 2.45) is 0 Å². The third-order valence-electron chi connectivity index (χ3n) is 8.92. The molecule has 4 nitrogen and oxygen atoms in total. The summed E-state index contributed by atoms with van der Waals surface area (Å²) in [5, 5.41) is 9.91. The molecule has 10 rings (SSSR count). The molecule has 0 saturated carbocycles. The molecule has 7 aromatic carbocycles. The van der Waals surface area contributed by atoms with Gasteiger partial charge in [-0.25, -0.2) is 0 Å². The number of aromatic nitrogens is 3. The number of rotatable bonds is 3. The van der Waals surface area contributed by atoms with Crippen molar-refractivity contribution in [2.75, 3.05) is 0 Å². The summed E-state index contributed by atoms with van der Waals surface area (Å²) < 4.78 is 9.02. The fraction of sp³-hybridized carbons (Fsp3) is 0. The van der Waals surface area contributed by atoms with Crippen LogP contribution < -0.4 is 0 Å². The summed E-state index contributed by atoms with van der Waals surface area (Å²) in [5.74, 6) is 1.94. The molecule has 3 aromatic heterocycles. The van der Waals surface area contributed by atoms with Crippen LogP contribution in [0.5, 0.6) is 0 Å². The fourth-order valence-corrected chi connectivity index (χ4v) is 9.49. The zero-order valence-corrected chi connectivity index (χ0v) is 26.2. The van der Waals surface area contributed by atoms with E-state index in [4.69, 9.17) is 19.4 Å². The summed E-state index contributed by atoms with van der Waals surface area (Å²) in [7, 11) is 0. The Morgan fingerprint density at radius 1 is 0.435 bits per heavy atom. The van der Waals surface area contributed by atoms with E-state index in [2.05, 4.69) is 97.1 Å². The van der Waals surface area contributed by atoms with Gasteiger partial charge in [0.05, 0.1) is 0 Å². The molecule has 0 aliphatic rings. The third-order valence-corrected chi connectivity index (χ3v) is 11.4. The second kappa shape index (κ2) is 9.95. The zero-order valence-electron chi connectivity index (χ0n) is 24.4. The maximum atomic E-state index is 6.24. The Morgan fingerprint density at radius 3 is 2.04 bits per heavy atom. The second-order valence-corrected chi connectivity index (χ2v) is 13.8. The number of hydrogen-bond acceptors (Lipinski definition) is 4. The monoisotopic (exact) mass is 653 g/mol. The summed E-state index contributed by atoms with van der Waals surface area (Å²) >= 11 is 0.148. The molecule has 0 fully saturated rings. The molecule has 0 bridgehead atoms. The van der Waals surface area contributed by atoms with Gasteiger partial charge in [-0.15, -0.1) is 0 Å². The summed E-state index contributed by atoms with van der Waals surface area (Å²) in [6.45, 7) is 0. The third kappa shape index (κ3) is 3.89. The Bertz CT molecular complexity index is 2820. The maximum absolute atomic E-state index is 6.24. The molecule has 0 spiro atoms. The summed E-state index contributed by atoms with van der Waals surface area (Å²) in [4.78, 5) is 15.3. The van der Waals surface area contributed by atoms with E-state index in [-0.39, 0.29) is 14.5 Å². The summed E-state index contributed by atoms with van der Waals surface area (Å²) in [6.07, 6.45) is 0. The predicted octanol–water partition coefficient (Wildman–Crippen LogP) is 10.4. The van der Waals surface area contributed by atoms with Crippen LogP contribution in [0.15, 0.2) is 144 Å². The fourth-order valence-electron chi connectivity index (χ4n) is 6.76. The zero-order chi connectivity index (χ0) is 30.2. The van der Waals surface area contributed by atoms with E-state index in [0.29, 0.717) is 17.5 Å². The van der Waals surface area contributed by atoms with Gasteiger partial charge in [0.2, 0.25) is 0 Å². The van der Waals surface area contributed by atoms with E-state index in [1.807, 2.05) is 42.5 Å². The van der Waals surface area contributed by atoms with Crippen LogP contribution in [0.2, 0.25) is 0 Å². The van der Waals surface area contributed by atoms with Gasteiger partial charge in [0.25, 0.3) is 0 Å². The van der Waals surface area contributed by atoms with Crippen LogP contribution in [0.25, 0.3) is 96.9 Å². The van der Waals surface area contributed by atoms with E-state index in [0.717, 1.165) is 38.6 Å². The van der Waals surface area contributed by atoms with E-state index in [1.54, 1.807) is 0 Å². The normalized spacial score (nSPS) is 11.9. The van der Waals surface area contributed by atoms with Gasteiger partial charge in [-0.2, -0.15) is 0 Å². The van der Waals surface area contributed by atoms with Crippen LogP contribution in [-0.2, 0) is 0 Å². The number of nitrogens with zero attached hydrogens (tertiary/aromatic N) is 3. The molecule has 3 heterocycles. The van der Waals surface area contributed by atoms with Crippen molar-refractivity contribution in [3.05, 3.63) is 140 Å². The van der Waals surface area contributed by atoms with Gasteiger partial charge >= 0.3 is 258 Å². The van der Waals surface area contributed by atoms with Crippen LogP contribution >= 0.6 is 0 Å². The molecule has 0 aliphatic carbocycles. The van der Waals surface area contributed by atoms with Crippen molar-refractivity contribution in [1.82, 2.24) is 15.0 Å². The molecule has 10 aromatic rings. The average Bonchev–Trinajstić information content (AvgIpc) is 3.70. The van der Waals surface area contributed by atoms with Gasteiger partial charge in [0.1, 0.15) is 0 Å². The standard InChI is InChI=1S/C41H23N3OSe/c1-2-10-26(11-3-1)39-42-40(27-20-21-30-29-13-6-7-15-33(29)45-34(30)23-27)44-41(43-39)32-14-8-16-35-37(32)31-22-19-25-18-17-24-9-4-5-12-28(24)36(25)38(31)46-35/h1-23H. The van der Waals surface area contributed by atoms with Crippen LogP contribution in [-0.4, -0.2) is 29.5 Å². The van der Waals surface area contributed by atoms with Crippen LogP contribution in [0.4, 0.5) is 0 Å². The first-order valence-corrected chi connectivity index (χ1v) is 17.0. The molecule has 46 heavy (non-hydrogen) atoms. The summed E-state index contributed by atoms with van der Waals surface area (Å²) in [6, 6.07) is 48.9. The quantitative estimate of drug-likeness (QED) is 0.141. The Balaban J connectivity index is 1.24. The van der Waals surface area contributed by atoms with Crippen molar-refractivity contribution in [1.29, 1.82) is 0 Å². The van der Waals surface area contributed by atoms with E-state index in [9.17, 15) is 0 Å². The first-order valence-electron chi connectivity index (χ1n) is 15.3. The van der Waals surface area contributed by atoms with Crippen molar-refractivity contribution >= 4 is 77.3 Å². The van der Waals surface area contributed by atoms with Gasteiger partial charge < -0.3 is 0 Å². The molecule has 0 aliphatic heterocycles. The second-order valence-electron chi connectivity index (χ2n) is 11.6. The topological polar surface area (TPSA) is 51.8 Å². The SMILES string of the molecule is c1ccc(-c2nc(-c3ccc4c(c3)oc3ccccc34)nc(-c3cccc4[se]c5c(ccc6ccc7ccccc7c65)c34)n2)cc1. The molecular formula is C41H23N3OSe. The van der Waals surface area contributed by atoms with Crippen LogP contribution in [0.3, 0.4) is 0 Å². The van der Waals surface area contributed by atoms with Gasteiger partial charge in [-0.05, 0) is 0 Å². The Labute approximate surface area is 269 Å². The number of hydrogen-bond donors (Lipinski definition) is 0. The number of para-hydroxylation sites is 1. The van der Waals surface area contributed by atoms with Crippen molar-refractivity contribution in [2.45, 2.75) is 0 Å². The first kappa shape index (κ1) is 25.7. The minimum absolute atomic E-state index is 0.148. The Kier molecular flexibility index (Phi) is 5.56. The molecule has 0 amide bonds. The molecule has 0 radical (unpaired) electrons. The summed E-state index contributed by atoms with van der Waals surface area (Å²) in [5.41, 5.74) is 4.56. The van der Waals surface area contributed by atoms with E-state index >= 15 is 0 Å². The van der Waals surface area contributed by atoms with Gasteiger partial charge in [-0.3, -0.25) is 0 Å². The van der Waals surface area contributed by atoms with Crippen molar-refractivity contribution in [3.63, 3.8) is 0 Å².